The van der Waals surface area contributed by atoms with Crippen molar-refractivity contribution in [3.8, 4) is 0 Å². The molecule has 0 saturated carbocycles. The first-order valence-corrected chi connectivity index (χ1v) is 6.57. The van der Waals surface area contributed by atoms with Crippen LogP contribution in [0.2, 0.25) is 0 Å². The molecule has 20 heavy (non-hydrogen) atoms. The first-order valence-electron chi connectivity index (χ1n) is 6.57. The lowest BCUT2D eigenvalue weighted by Gasteiger charge is -2.17. The zero-order valence-electron chi connectivity index (χ0n) is 11.4. The van der Waals surface area contributed by atoms with E-state index in [1.807, 2.05) is 37.3 Å². The fourth-order valence-electron chi connectivity index (χ4n) is 1.92. The van der Waals surface area contributed by atoms with Gasteiger partial charge in [-0.15, -0.1) is 0 Å². The predicted octanol–water partition coefficient (Wildman–Crippen LogP) is 0.886. The van der Waals surface area contributed by atoms with Crippen molar-refractivity contribution in [1.29, 1.82) is 0 Å². The van der Waals surface area contributed by atoms with Gasteiger partial charge < -0.3 is 21.1 Å². The summed E-state index contributed by atoms with van der Waals surface area (Å²) in [6.45, 7) is 3.07. The molecule has 0 aromatic heterocycles. The molecule has 1 aliphatic heterocycles. The average Bonchev–Trinajstić information content (AvgIpc) is 2.45. The van der Waals surface area contributed by atoms with E-state index in [0.717, 1.165) is 17.1 Å². The Balaban J connectivity index is 2.02. The molecule has 106 valence electrons. The largest absolute Gasteiger partial charge is 0.395 e. The van der Waals surface area contributed by atoms with Crippen LogP contribution >= 0.6 is 0 Å². The zero-order chi connectivity index (χ0) is 14.4. The summed E-state index contributed by atoms with van der Waals surface area (Å²) >= 11 is 0. The number of hydrogen-bond acceptors (Lipinski definition) is 4. The van der Waals surface area contributed by atoms with Gasteiger partial charge in [-0.25, -0.2) is 0 Å². The molecule has 0 saturated heterocycles. The first kappa shape index (κ1) is 14.1. The van der Waals surface area contributed by atoms with Crippen molar-refractivity contribution in [3.05, 3.63) is 53.4 Å². The Morgan fingerprint density at radius 2 is 2.30 bits per heavy atom. The van der Waals surface area contributed by atoms with E-state index < -0.39 is 0 Å². The number of dihydropyridines is 1. The van der Waals surface area contributed by atoms with Crippen LogP contribution in [0.25, 0.3) is 0 Å². The van der Waals surface area contributed by atoms with Crippen molar-refractivity contribution in [1.82, 2.24) is 10.6 Å². The highest BCUT2D eigenvalue weighted by Gasteiger charge is 2.12. The van der Waals surface area contributed by atoms with Gasteiger partial charge in [0.05, 0.1) is 12.4 Å². The Labute approximate surface area is 118 Å². The third-order valence-corrected chi connectivity index (χ3v) is 2.88. The summed E-state index contributed by atoms with van der Waals surface area (Å²) < 4.78 is 0. The third-order valence-electron chi connectivity index (χ3n) is 2.88. The number of hydrogen-bond donors (Lipinski definition) is 4. The van der Waals surface area contributed by atoms with Gasteiger partial charge in [-0.3, -0.25) is 4.79 Å². The van der Waals surface area contributed by atoms with E-state index in [0.29, 0.717) is 18.7 Å². The van der Waals surface area contributed by atoms with Gasteiger partial charge in [0.25, 0.3) is 5.91 Å². The van der Waals surface area contributed by atoms with Gasteiger partial charge in [-0.1, -0.05) is 18.2 Å². The van der Waals surface area contributed by atoms with Gasteiger partial charge >= 0.3 is 0 Å². The Hall–Kier alpha value is -2.27. The lowest BCUT2D eigenvalue weighted by molar-refractivity contribution is -0.112. The number of carbonyl (C=O) groups is 1. The van der Waals surface area contributed by atoms with Gasteiger partial charge in [0.1, 0.15) is 0 Å². The lowest BCUT2D eigenvalue weighted by atomic mass is 10.1. The summed E-state index contributed by atoms with van der Waals surface area (Å²) in [5.41, 5.74) is 2.49. The molecule has 1 amide bonds. The number of amides is 1. The maximum atomic E-state index is 12.2. The summed E-state index contributed by atoms with van der Waals surface area (Å²) in [7, 11) is 0. The number of rotatable bonds is 5. The highest BCUT2D eigenvalue weighted by molar-refractivity contribution is 6.06. The number of benzene rings is 1. The predicted molar refractivity (Wildman–Crippen MR) is 79.1 cm³/mol. The molecule has 0 radical (unpaired) electrons. The van der Waals surface area contributed by atoms with Crippen molar-refractivity contribution in [3.63, 3.8) is 0 Å². The second-order valence-electron chi connectivity index (χ2n) is 4.57. The van der Waals surface area contributed by atoms with E-state index in [1.165, 1.54) is 0 Å². The number of aliphatic hydroxyl groups excluding tert-OH is 1. The monoisotopic (exact) mass is 273 g/mol. The molecular weight excluding hydrogens is 254 g/mol. The minimum Gasteiger partial charge on any atom is -0.395 e. The smallest absolute Gasteiger partial charge is 0.255 e. The van der Waals surface area contributed by atoms with Crippen molar-refractivity contribution < 1.29 is 9.90 Å². The molecule has 0 fully saturated rings. The zero-order valence-corrected chi connectivity index (χ0v) is 11.4. The minimum atomic E-state index is -0.139. The van der Waals surface area contributed by atoms with Crippen LogP contribution in [0.5, 0.6) is 0 Å². The van der Waals surface area contributed by atoms with E-state index in [4.69, 9.17) is 5.11 Å². The Morgan fingerprint density at radius 1 is 1.45 bits per heavy atom. The molecule has 0 bridgehead atoms. The summed E-state index contributed by atoms with van der Waals surface area (Å²) in [5.74, 6) is 0.608. The van der Waals surface area contributed by atoms with Crippen molar-refractivity contribution in [2.75, 3.05) is 25.0 Å². The third kappa shape index (κ3) is 3.86. The second kappa shape index (κ2) is 6.77. The van der Waals surface area contributed by atoms with Crippen LogP contribution < -0.4 is 16.0 Å². The maximum absolute atomic E-state index is 12.2. The normalized spacial score (nSPS) is 13.9. The number of carbonyl (C=O) groups excluding carboxylic acids is 1. The van der Waals surface area contributed by atoms with Gasteiger partial charge in [0, 0.05) is 24.4 Å². The number of nitrogens with one attached hydrogen (secondary N) is 3. The van der Waals surface area contributed by atoms with Crippen LogP contribution in [0.15, 0.2) is 47.8 Å². The quantitative estimate of drug-likeness (QED) is 0.643. The SMILES string of the molecule is Cc1cccc(NC(=O)C2=CCNC(NCCO)=C2)c1. The molecule has 1 aliphatic rings. The number of aryl methyl sites for hydroxylation is 1. The number of anilines is 1. The van der Waals surface area contributed by atoms with Crippen molar-refractivity contribution >= 4 is 11.6 Å². The molecule has 0 aliphatic carbocycles. The standard InChI is InChI=1S/C15H19N3O2/c1-11-3-2-4-13(9-11)18-15(20)12-5-6-16-14(10-12)17-7-8-19/h2-5,9-10,16-17,19H,6-8H2,1H3,(H,18,20). The molecule has 5 heteroatoms. The topological polar surface area (TPSA) is 73.4 Å². The Kier molecular flexibility index (Phi) is 4.79. The van der Waals surface area contributed by atoms with Gasteiger partial charge in [-0.2, -0.15) is 0 Å². The lowest BCUT2D eigenvalue weighted by Crippen LogP contribution is -2.32. The molecule has 0 atom stereocenters. The van der Waals surface area contributed by atoms with E-state index in [1.54, 1.807) is 6.08 Å². The van der Waals surface area contributed by atoms with Crippen LogP contribution in [0.4, 0.5) is 5.69 Å². The summed E-state index contributed by atoms with van der Waals surface area (Å²) in [6, 6.07) is 7.68. The molecule has 4 N–H and O–H groups in total. The fraction of sp³-hybridized carbons (Fsp3) is 0.267. The van der Waals surface area contributed by atoms with E-state index in [9.17, 15) is 4.79 Å². The Bertz CT molecular complexity index is 550. The van der Waals surface area contributed by atoms with Crippen LogP contribution in [-0.4, -0.2) is 30.7 Å². The highest BCUT2D eigenvalue weighted by Crippen LogP contribution is 2.12. The molecule has 2 rings (SSSR count). The van der Waals surface area contributed by atoms with Crippen molar-refractivity contribution in [2.24, 2.45) is 0 Å². The van der Waals surface area contributed by atoms with Gasteiger partial charge in [-0.05, 0) is 30.7 Å². The van der Waals surface area contributed by atoms with Gasteiger partial charge in [0.15, 0.2) is 0 Å². The molecule has 5 nitrogen and oxygen atoms in total. The van der Waals surface area contributed by atoms with Crippen LogP contribution in [0, 0.1) is 6.92 Å². The van der Waals surface area contributed by atoms with E-state index in [-0.39, 0.29) is 12.5 Å². The van der Waals surface area contributed by atoms with Crippen LogP contribution in [0.3, 0.4) is 0 Å². The minimum absolute atomic E-state index is 0.0492. The molecule has 1 heterocycles. The fourth-order valence-corrected chi connectivity index (χ4v) is 1.92. The van der Waals surface area contributed by atoms with E-state index >= 15 is 0 Å². The number of aliphatic hydroxyl groups is 1. The average molecular weight is 273 g/mol. The molecule has 0 spiro atoms. The molecular formula is C15H19N3O2. The first-order chi connectivity index (χ1) is 9.69. The summed E-state index contributed by atoms with van der Waals surface area (Å²) in [4.78, 5) is 12.2. The molecule has 1 aromatic rings. The highest BCUT2D eigenvalue weighted by atomic mass is 16.3. The summed E-state index contributed by atoms with van der Waals surface area (Å²) in [6.07, 6.45) is 3.57. The van der Waals surface area contributed by atoms with E-state index in [2.05, 4.69) is 16.0 Å². The van der Waals surface area contributed by atoms with Gasteiger partial charge in [0.2, 0.25) is 0 Å². The summed E-state index contributed by atoms with van der Waals surface area (Å²) in [5, 5.41) is 17.8. The molecule has 1 aromatic carbocycles. The molecule has 0 unspecified atom stereocenters. The van der Waals surface area contributed by atoms with Crippen LogP contribution in [0.1, 0.15) is 5.56 Å². The van der Waals surface area contributed by atoms with Crippen LogP contribution in [-0.2, 0) is 4.79 Å². The Morgan fingerprint density at radius 3 is 3.05 bits per heavy atom. The maximum Gasteiger partial charge on any atom is 0.255 e. The second-order valence-corrected chi connectivity index (χ2v) is 4.57. The van der Waals surface area contributed by atoms with Crippen molar-refractivity contribution in [2.45, 2.75) is 6.92 Å².